The minimum atomic E-state index is 0.209. The van der Waals surface area contributed by atoms with E-state index in [0.29, 0.717) is 34.5 Å². The molecule has 5 nitrogen and oxygen atoms in total. The number of alkyl halides is 1. The highest BCUT2D eigenvalue weighted by Gasteiger charge is 2.46. The topological polar surface area (TPSA) is 47.6 Å². The summed E-state index contributed by atoms with van der Waals surface area (Å²) in [6.45, 7) is 4.25. The van der Waals surface area contributed by atoms with Crippen LogP contribution in [0.5, 0.6) is 0 Å². The van der Waals surface area contributed by atoms with Crippen molar-refractivity contribution >= 4 is 29.3 Å². The number of carbonyl (C=O) groups excluding carboxylic acids is 1. The molecule has 2 saturated heterocycles. The second kappa shape index (κ2) is 8.16. The van der Waals surface area contributed by atoms with Gasteiger partial charge in [-0.3, -0.25) is 9.69 Å². The third kappa shape index (κ3) is 3.90. The van der Waals surface area contributed by atoms with Gasteiger partial charge in [0.2, 0.25) is 5.91 Å². The van der Waals surface area contributed by atoms with Crippen molar-refractivity contribution in [3.05, 3.63) is 0 Å². The molecule has 4 rings (SSSR count). The van der Waals surface area contributed by atoms with Crippen LogP contribution in [-0.2, 0) is 4.79 Å². The van der Waals surface area contributed by atoms with Crippen LogP contribution < -0.4 is 10.9 Å². The molecule has 4 fully saturated rings. The minimum Gasteiger partial charge on any atom is -0.339 e. The normalized spacial score (nSPS) is 42.9. The van der Waals surface area contributed by atoms with Crippen molar-refractivity contribution in [1.29, 1.82) is 0 Å². The third-order valence-corrected chi connectivity index (χ3v) is 9.00. The molecule has 7 atom stereocenters. The van der Waals surface area contributed by atoms with Crippen molar-refractivity contribution in [2.45, 2.75) is 74.0 Å². The fraction of sp³-hybridized carbons (Fsp3) is 0.947. The molecule has 148 valence electrons. The lowest BCUT2D eigenvalue weighted by Gasteiger charge is -2.38. The van der Waals surface area contributed by atoms with E-state index in [4.69, 9.17) is 11.6 Å². The van der Waals surface area contributed by atoms with Crippen molar-refractivity contribution in [3.8, 4) is 0 Å². The standard InChI is InChI=1S/C19H33ClN4OS/c1-12(26-19-22-21-11-23(19)2)13-4-3-5-16(8-13)24-10-14-6-7-15(20)9-17(14)18(24)25/h12-17,19,21-22H,3-11H2,1-2H3. The van der Waals surface area contributed by atoms with E-state index in [1.165, 1.54) is 25.7 Å². The maximum Gasteiger partial charge on any atom is 0.226 e. The van der Waals surface area contributed by atoms with Gasteiger partial charge in [0.25, 0.3) is 0 Å². The average Bonchev–Trinajstić information content (AvgIpc) is 3.19. The maximum atomic E-state index is 13.0. The largest absolute Gasteiger partial charge is 0.339 e. The van der Waals surface area contributed by atoms with Crippen molar-refractivity contribution in [1.82, 2.24) is 20.7 Å². The molecule has 7 heteroatoms. The molecule has 7 unspecified atom stereocenters. The number of nitrogens with one attached hydrogen (secondary N) is 2. The average molecular weight is 401 g/mol. The second-order valence-corrected chi connectivity index (χ2v) is 10.9. The highest BCUT2D eigenvalue weighted by atomic mass is 35.5. The monoisotopic (exact) mass is 400 g/mol. The van der Waals surface area contributed by atoms with Gasteiger partial charge in [0.05, 0.1) is 6.67 Å². The lowest BCUT2D eigenvalue weighted by Crippen LogP contribution is -2.43. The first-order valence-electron chi connectivity index (χ1n) is 10.3. The van der Waals surface area contributed by atoms with E-state index in [2.05, 4.69) is 34.6 Å². The van der Waals surface area contributed by atoms with E-state index in [1.807, 2.05) is 11.8 Å². The Bertz CT molecular complexity index is 524. The molecule has 2 aliphatic carbocycles. The van der Waals surface area contributed by atoms with E-state index >= 15 is 0 Å². The van der Waals surface area contributed by atoms with Gasteiger partial charge >= 0.3 is 0 Å². The lowest BCUT2D eigenvalue weighted by atomic mass is 9.81. The Morgan fingerprint density at radius 3 is 2.85 bits per heavy atom. The predicted molar refractivity (Wildman–Crippen MR) is 108 cm³/mol. The molecule has 0 radical (unpaired) electrons. The third-order valence-electron chi connectivity index (χ3n) is 7.05. The number of rotatable bonds is 4. The number of hydrazine groups is 1. The number of carbonyl (C=O) groups is 1. The van der Waals surface area contributed by atoms with Gasteiger partial charge in [-0.25, -0.2) is 10.9 Å². The van der Waals surface area contributed by atoms with E-state index in [-0.39, 0.29) is 11.3 Å². The SMILES string of the molecule is CC(SC1NNCN1C)C1CCCC(N2CC3CCC(Cl)CC3C2=O)C1. The van der Waals surface area contributed by atoms with E-state index in [1.54, 1.807) is 0 Å². The molecule has 4 aliphatic rings. The van der Waals surface area contributed by atoms with Crippen LogP contribution in [-0.4, -0.2) is 58.1 Å². The first-order valence-corrected chi connectivity index (χ1v) is 11.7. The Hall–Kier alpha value is -0.0100. The molecule has 2 aliphatic heterocycles. The van der Waals surface area contributed by atoms with Gasteiger partial charge in [-0.1, -0.05) is 13.3 Å². The van der Waals surface area contributed by atoms with Gasteiger partial charge in [-0.2, -0.15) is 0 Å². The molecule has 0 spiro atoms. The fourth-order valence-electron chi connectivity index (χ4n) is 5.40. The molecule has 1 amide bonds. The van der Waals surface area contributed by atoms with E-state index in [0.717, 1.165) is 32.5 Å². The fourth-order valence-corrected chi connectivity index (χ4v) is 7.03. The van der Waals surface area contributed by atoms with E-state index in [9.17, 15) is 4.79 Å². The molecule has 2 N–H and O–H groups in total. The highest BCUT2D eigenvalue weighted by molar-refractivity contribution is 8.00. The summed E-state index contributed by atoms with van der Waals surface area (Å²) < 4.78 is 0. The summed E-state index contributed by atoms with van der Waals surface area (Å²) in [5, 5.41) is 0.810. The molecule has 0 aromatic heterocycles. The first-order chi connectivity index (χ1) is 12.5. The van der Waals surface area contributed by atoms with Crippen LogP contribution in [0, 0.1) is 17.8 Å². The van der Waals surface area contributed by atoms with Crippen LogP contribution >= 0.6 is 23.4 Å². The van der Waals surface area contributed by atoms with E-state index < -0.39 is 0 Å². The minimum absolute atomic E-state index is 0.209. The smallest absolute Gasteiger partial charge is 0.226 e. The number of hydrogen-bond donors (Lipinski definition) is 2. The quantitative estimate of drug-likeness (QED) is 0.710. The van der Waals surface area contributed by atoms with Crippen LogP contribution in [0.4, 0.5) is 0 Å². The number of thioether (sulfide) groups is 1. The van der Waals surface area contributed by atoms with Crippen molar-refractivity contribution in [2.75, 3.05) is 20.3 Å². The Kier molecular flexibility index (Phi) is 6.06. The number of nitrogens with zero attached hydrogens (tertiary/aromatic N) is 2. The number of fused-ring (bicyclic) bond motifs is 1. The molecule has 0 aromatic carbocycles. The lowest BCUT2D eigenvalue weighted by molar-refractivity contribution is -0.134. The zero-order valence-electron chi connectivity index (χ0n) is 16.0. The Morgan fingerprint density at radius 1 is 1.23 bits per heavy atom. The summed E-state index contributed by atoms with van der Waals surface area (Å²) in [6.07, 6.45) is 8.03. The Balaban J connectivity index is 1.35. The van der Waals surface area contributed by atoms with Crippen LogP contribution in [0.15, 0.2) is 0 Å². The Morgan fingerprint density at radius 2 is 2.08 bits per heavy atom. The molecular weight excluding hydrogens is 368 g/mol. The summed E-state index contributed by atoms with van der Waals surface area (Å²) in [4.78, 5) is 17.6. The molecule has 0 bridgehead atoms. The maximum absolute atomic E-state index is 13.0. The molecule has 2 heterocycles. The van der Waals surface area contributed by atoms with Crippen LogP contribution in [0.3, 0.4) is 0 Å². The van der Waals surface area contributed by atoms with Crippen molar-refractivity contribution < 1.29 is 4.79 Å². The van der Waals surface area contributed by atoms with Crippen molar-refractivity contribution in [2.24, 2.45) is 17.8 Å². The van der Waals surface area contributed by atoms with Crippen LogP contribution in [0.2, 0.25) is 0 Å². The van der Waals surface area contributed by atoms with Gasteiger partial charge < -0.3 is 4.90 Å². The molecule has 26 heavy (non-hydrogen) atoms. The van der Waals surface area contributed by atoms with Gasteiger partial charge in [0, 0.05) is 29.1 Å². The first kappa shape index (κ1) is 19.3. The number of hydrogen-bond acceptors (Lipinski definition) is 5. The number of halogens is 1. The zero-order chi connectivity index (χ0) is 18.3. The van der Waals surface area contributed by atoms with Crippen molar-refractivity contribution in [3.63, 3.8) is 0 Å². The van der Waals surface area contributed by atoms with Crippen LogP contribution in [0.1, 0.15) is 51.9 Å². The van der Waals surface area contributed by atoms with Gasteiger partial charge in [-0.05, 0) is 57.4 Å². The molecular formula is C19H33ClN4OS. The van der Waals surface area contributed by atoms with Crippen LogP contribution in [0.25, 0.3) is 0 Å². The summed E-state index contributed by atoms with van der Waals surface area (Å²) in [6, 6.07) is 0.455. The number of amides is 1. The summed E-state index contributed by atoms with van der Waals surface area (Å²) in [5.74, 6) is 1.88. The predicted octanol–water partition coefficient (Wildman–Crippen LogP) is 2.81. The number of likely N-dealkylation sites (tertiary alicyclic amines) is 1. The second-order valence-electron chi connectivity index (χ2n) is 8.78. The molecule has 0 aromatic rings. The summed E-state index contributed by atoms with van der Waals surface area (Å²) in [5.41, 5.74) is 6.91. The zero-order valence-corrected chi connectivity index (χ0v) is 17.6. The van der Waals surface area contributed by atoms with Gasteiger partial charge in [0.1, 0.15) is 5.50 Å². The Labute approximate surface area is 166 Å². The van der Waals surface area contributed by atoms with Gasteiger partial charge in [-0.15, -0.1) is 23.4 Å². The summed E-state index contributed by atoms with van der Waals surface area (Å²) in [7, 11) is 2.15. The van der Waals surface area contributed by atoms with Gasteiger partial charge in [0.15, 0.2) is 0 Å². The molecule has 2 saturated carbocycles. The highest BCUT2D eigenvalue weighted by Crippen LogP contribution is 2.43. The summed E-state index contributed by atoms with van der Waals surface area (Å²) >= 11 is 8.37.